The Labute approximate surface area is 148 Å². The summed E-state index contributed by atoms with van der Waals surface area (Å²) in [5.74, 6) is -2.48. The highest BCUT2D eigenvalue weighted by Gasteiger charge is 2.24. The maximum absolute atomic E-state index is 14.4. The van der Waals surface area contributed by atoms with Gasteiger partial charge >= 0.3 is 0 Å². The van der Waals surface area contributed by atoms with Crippen molar-refractivity contribution in [3.63, 3.8) is 0 Å². The maximum Gasteiger partial charge on any atom is 0.183 e. The molecule has 1 aromatic heterocycles. The van der Waals surface area contributed by atoms with Crippen LogP contribution in [0.5, 0.6) is 0 Å². The van der Waals surface area contributed by atoms with E-state index < -0.39 is 23.0 Å². The minimum absolute atomic E-state index is 0.0892. The summed E-state index contributed by atoms with van der Waals surface area (Å²) in [6.45, 7) is 0. The van der Waals surface area contributed by atoms with Crippen LogP contribution < -0.4 is 0 Å². The Balaban J connectivity index is 2.34. The van der Waals surface area contributed by atoms with Crippen molar-refractivity contribution >= 4 is 27.5 Å². The largest absolute Gasteiger partial charge is 0.285 e. The SMILES string of the molecule is N#Cc1cc(F)c(-c2c(Cl)nc(Br)n2-c2cccc(F)c2)c(F)c1. The number of hydrogen-bond acceptors (Lipinski definition) is 2. The number of imidazole rings is 1. The second-order valence-electron chi connectivity index (χ2n) is 4.76. The molecule has 0 atom stereocenters. The minimum atomic E-state index is -0.974. The van der Waals surface area contributed by atoms with Crippen molar-refractivity contribution in [2.75, 3.05) is 0 Å². The molecule has 0 amide bonds. The van der Waals surface area contributed by atoms with Crippen molar-refractivity contribution < 1.29 is 13.2 Å². The predicted octanol–water partition coefficient (Wildman–Crippen LogP) is 5.24. The van der Waals surface area contributed by atoms with E-state index in [1.807, 2.05) is 0 Å². The van der Waals surface area contributed by atoms with Crippen LogP contribution in [0.1, 0.15) is 5.56 Å². The highest BCUT2D eigenvalue weighted by atomic mass is 79.9. The van der Waals surface area contributed by atoms with Gasteiger partial charge in [-0.25, -0.2) is 18.2 Å². The summed E-state index contributed by atoms with van der Waals surface area (Å²) in [7, 11) is 0. The Morgan fingerprint density at radius 1 is 1.12 bits per heavy atom. The Bertz CT molecular complexity index is 972. The fourth-order valence-corrected chi connectivity index (χ4v) is 3.22. The topological polar surface area (TPSA) is 41.6 Å². The molecule has 120 valence electrons. The predicted molar refractivity (Wildman–Crippen MR) is 86.3 cm³/mol. The monoisotopic (exact) mass is 411 g/mol. The molecule has 3 nitrogen and oxygen atoms in total. The molecule has 0 unspecified atom stereocenters. The third-order valence-corrected chi connectivity index (χ3v) is 4.06. The van der Waals surface area contributed by atoms with Crippen LogP contribution in [0.25, 0.3) is 16.9 Å². The molecule has 3 rings (SSSR count). The van der Waals surface area contributed by atoms with Gasteiger partial charge in [0.15, 0.2) is 9.89 Å². The summed E-state index contributed by atoms with van der Waals surface area (Å²) in [6, 6.07) is 8.84. The van der Waals surface area contributed by atoms with Gasteiger partial charge in [-0.2, -0.15) is 5.26 Å². The highest BCUT2D eigenvalue weighted by molar-refractivity contribution is 9.10. The molecule has 1 heterocycles. The summed E-state index contributed by atoms with van der Waals surface area (Å²) in [4.78, 5) is 3.94. The Kier molecular flexibility index (Phi) is 4.35. The third kappa shape index (κ3) is 2.79. The minimum Gasteiger partial charge on any atom is -0.285 e. The van der Waals surface area contributed by atoms with Gasteiger partial charge in [-0.15, -0.1) is 0 Å². The van der Waals surface area contributed by atoms with E-state index in [-0.39, 0.29) is 26.8 Å². The summed E-state index contributed by atoms with van der Waals surface area (Å²) < 4.78 is 43.7. The average Bonchev–Trinajstić information content (AvgIpc) is 2.81. The van der Waals surface area contributed by atoms with E-state index in [0.29, 0.717) is 0 Å². The molecule has 3 aromatic rings. The van der Waals surface area contributed by atoms with Gasteiger partial charge in [0.2, 0.25) is 0 Å². The van der Waals surface area contributed by atoms with Crippen LogP contribution in [0.3, 0.4) is 0 Å². The van der Waals surface area contributed by atoms with E-state index in [2.05, 4.69) is 20.9 Å². The van der Waals surface area contributed by atoms with E-state index in [4.69, 9.17) is 16.9 Å². The summed E-state index contributed by atoms with van der Waals surface area (Å²) in [5.41, 5.74) is -0.435. The lowest BCUT2D eigenvalue weighted by Gasteiger charge is -2.12. The van der Waals surface area contributed by atoms with Crippen LogP contribution in [0.4, 0.5) is 13.2 Å². The molecule has 0 bridgehead atoms. The van der Waals surface area contributed by atoms with Crippen LogP contribution >= 0.6 is 27.5 Å². The fourth-order valence-electron chi connectivity index (χ4n) is 2.30. The fraction of sp³-hybridized carbons (Fsp3) is 0. The molecule has 0 aliphatic rings. The zero-order valence-corrected chi connectivity index (χ0v) is 14.0. The molecule has 0 saturated heterocycles. The Hall–Kier alpha value is -2.30. The molecule has 8 heteroatoms. The van der Waals surface area contributed by atoms with Gasteiger partial charge in [-0.05, 0) is 46.3 Å². The number of nitrogens with zero attached hydrogens (tertiary/aromatic N) is 3. The first-order valence-electron chi connectivity index (χ1n) is 6.51. The molecular weight excluding hydrogens is 407 g/mol. The van der Waals surface area contributed by atoms with E-state index in [0.717, 1.165) is 12.1 Å². The number of halogens is 5. The van der Waals surface area contributed by atoms with E-state index in [1.54, 1.807) is 6.07 Å². The number of nitriles is 1. The number of rotatable bonds is 2. The van der Waals surface area contributed by atoms with E-state index in [9.17, 15) is 13.2 Å². The van der Waals surface area contributed by atoms with Gasteiger partial charge in [0.1, 0.15) is 17.5 Å². The first kappa shape index (κ1) is 16.6. The summed E-state index contributed by atoms with van der Waals surface area (Å²) in [6.07, 6.45) is 0. The van der Waals surface area contributed by atoms with Gasteiger partial charge in [0.25, 0.3) is 0 Å². The first-order valence-corrected chi connectivity index (χ1v) is 7.68. The van der Waals surface area contributed by atoms with Gasteiger partial charge in [-0.3, -0.25) is 4.57 Å². The van der Waals surface area contributed by atoms with Crippen LogP contribution in [-0.2, 0) is 0 Å². The molecule has 0 fully saturated rings. The molecule has 0 N–H and O–H groups in total. The molecule has 0 aliphatic carbocycles. The average molecular weight is 413 g/mol. The normalized spacial score (nSPS) is 10.7. The summed E-state index contributed by atoms with van der Waals surface area (Å²) >= 11 is 9.19. The Morgan fingerprint density at radius 2 is 1.79 bits per heavy atom. The molecule has 0 aliphatic heterocycles. The smallest absolute Gasteiger partial charge is 0.183 e. The third-order valence-electron chi connectivity index (χ3n) is 3.27. The number of aromatic nitrogens is 2. The quantitative estimate of drug-likeness (QED) is 0.577. The van der Waals surface area contributed by atoms with Crippen LogP contribution in [-0.4, -0.2) is 9.55 Å². The van der Waals surface area contributed by atoms with Gasteiger partial charge < -0.3 is 0 Å². The maximum atomic E-state index is 14.4. The van der Waals surface area contributed by atoms with Crippen molar-refractivity contribution in [3.05, 3.63) is 69.3 Å². The van der Waals surface area contributed by atoms with Gasteiger partial charge in [0, 0.05) is 0 Å². The molecular formula is C16H6BrClF3N3. The van der Waals surface area contributed by atoms with Crippen LogP contribution in [0, 0.1) is 28.8 Å². The van der Waals surface area contributed by atoms with Crippen molar-refractivity contribution in [1.82, 2.24) is 9.55 Å². The lowest BCUT2D eigenvalue weighted by molar-refractivity contribution is 0.587. The second kappa shape index (κ2) is 6.30. The number of benzene rings is 2. The van der Waals surface area contributed by atoms with Crippen LogP contribution in [0.15, 0.2) is 41.1 Å². The molecule has 24 heavy (non-hydrogen) atoms. The van der Waals surface area contributed by atoms with Gasteiger partial charge in [-0.1, -0.05) is 17.7 Å². The first-order chi connectivity index (χ1) is 11.4. The van der Waals surface area contributed by atoms with Gasteiger partial charge in [0.05, 0.1) is 28.6 Å². The van der Waals surface area contributed by atoms with Crippen LogP contribution in [0.2, 0.25) is 5.15 Å². The molecule has 0 spiro atoms. The Morgan fingerprint density at radius 3 is 2.38 bits per heavy atom. The van der Waals surface area contributed by atoms with Crippen molar-refractivity contribution in [1.29, 1.82) is 5.26 Å². The summed E-state index contributed by atoms with van der Waals surface area (Å²) in [5, 5.41) is 8.62. The lowest BCUT2D eigenvalue weighted by Crippen LogP contribution is -2.02. The van der Waals surface area contributed by atoms with E-state index >= 15 is 0 Å². The molecule has 0 saturated carbocycles. The second-order valence-corrected chi connectivity index (χ2v) is 5.83. The zero-order valence-electron chi connectivity index (χ0n) is 11.7. The highest BCUT2D eigenvalue weighted by Crippen LogP contribution is 2.37. The molecule has 2 aromatic carbocycles. The zero-order chi connectivity index (χ0) is 17.4. The van der Waals surface area contributed by atoms with Crippen molar-refractivity contribution in [2.24, 2.45) is 0 Å². The standard InChI is InChI=1S/C16H6BrClF3N3/c17-16-23-15(18)14(24(16)10-3-1-2-9(19)6-10)13-11(20)4-8(7-22)5-12(13)21/h1-6H. The number of hydrogen-bond donors (Lipinski definition) is 0. The van der Waals surface area contributed by atoms with Crippen molar-refractivity contribution in [2.45, 2.75) is 0 Å². The molecule has 0 radical (unpaired) electrons. The van der Waals surface area contributed by atoms with Crippen molar-refractivity contribution in [3.8, 4) is 23.0 Å². The van der Waals surface area contributed by atoms with E-state index in [1.165, 1.54) is 28.8 Å². The lowest BCUT2D eigenvalue weighted by atomic mass is 10.1.